The van der Waals surface area contributed by atoms with Crippen LogP contribution in [0.15, 0.2) is 71.6 Å². The number of carbonyl (C=O) groups excluding carboxylic acids is 1. The number of hydrogen-bond donors (Lipinski definition) is 2. The van der Waals surface area contributed by atoms with Crippen LogP contribution in [0, 0.1) is 21.7 Å². The Labute approximate surface area is 169 Å². The molecule has 0 saturated heterocycles. The lowest BCUT2D eigenvalue weighted by molar-refractivity contribution is -0.385. The molecular weight excluding hydrogens is 420 g/mol. The van der Waals surface area contributed by atoms with E-state index in [1.165, 1.54) is 36.4 Å². The number of benzene rings is 3. The molecule has 0 heterocycles. The van der Waals surface area contributed by atoms with E-state index < -0.39 is 32.5 Å². The van der Waals surface area contributed by atoms with Gasteiger partial charge in [0.2, 0.25) is 0 Å². The van der Waals surface area contributed by atoms with Gasteiger partial charge in [-0.25, -0.2) is 17.2 Å². The molecule has 154 valence electrons. The van der Waals surface area contributed by atoms with E-state index >= 15 is 0 Å². The molecule has 0 aromatic heterocycles. The van der Waals surface area contributed by atoms with E-state index in [1.807, 2.05) is 0 Å². The number of amides is 1. The van der Waals surface area contributed by atoms with Gasteiger partial charge < -0.3 is 5.32 Å². The lowest BCUT2D eigenvalue weighted by Gasteiger charge is -2.10. The van der Waals surface area contributed by atoms with Gasteiger partial charge >= 0.3 is 0 Å². The third-order valence-corrected chi connectivity index (χ3v) is 5.30. The van der Waals surface area contributed by atoms with Gasteiger partial charge in [0.1, 0.15) is 11.6 Å². The summed E-state index contributed by atoms with van der Waals surface area (Å²) in [6.07, 6.45) is 0. The molecule has 0 aliphatic heterocycles. The predicted molar refractivity (Wildman–Crippen MR) is 105 cm³/mol. The van der Waals surface area contributed by atoms with Crippen molar-refractivity contribution in [2.75, 3.05) is 10.0 Å². The average Bonchev–Trinajstić information content (AvgIpc) is 2.70. The summed E-state index contributed by atoms with van der Waals surface area (Å²) < 4.78 is 53.7. The minimum Gasteiger partial charge on any atom is -0.319 e. The van der Waals surface area contributed by atoms with Gasteiger partial charge in [-0.1, -0.05) is 6.07 Å². The number of sulfonamides is 1. The molecule has 0 fully saturated rings. The van der Waals surface area contributed by atoms with Crippen LogP contribution in [0.25, 0.3) is 0 Å². The summed E-state index contributed by atoms with van der Waals surface area (Å²) in [6.45, 7) is 0. The molecule has 30 heavy (non-hydrogen) atoms. The summed E-state index contributed by atoms with van der Waals surface area (Å²) in [4.78, 5) is 22.0. The normalized spacial score (nSPS) is 11.0. The maximum absolute atomic E-state index is 13.6. The van der Waals surface area contributed by atoms with Gasteiger partial charge in [0.15, 0.2) is 0 Å². The van der Waals surface area contributed by atoms with Gasteiger partial charge in [-0.3, -0.25) is 19.6 Å². The van der Waals surface area contributed by atoms with E-state index in [2.05, 4.69) is 10.0 Å². The van der Waals surface area contributed by atoms with Crippen LogP contribution >= 0.6 is 0 Å². The molecule has 1 amide bonds. The largest absolute Gasteiger partial charge is 0.319 e. The molecule has 0 aliphatic carbocycles. The highest BCUT2D eigenvalue weighted by molar-refractivity contribution is 7.92. The Kier molecular flexibility index (Phi) is 5.74. The number of carbonyl (C=O) groups is 1. The molecule has 0 saturated carbocycles. The summed E-state index contributed by atoms with van der Waals surface area (Å²) in [5.41, 5.74) is -0.391. The first-order chi connectivity index (χ1) is 14.2. The minimum atomic E-state index is -4.10. The maximum Gasteiger partial charge on any atom is 0.270 e. The zero-order chi connectivity index (χ0) is 21.9. The first-order valence-corrected chi connectivity index (χ1v) is 9.78. The number of anilines is 2. The Morgan fingerprint density at radius 2 is 1.67 bits per heavy atom. The van der Waals surface area contributed by atoms with Crippen molar-refractivity contribution in [3.63, 3.8) is 0 Å². The SMILES string of the molecule is O=C(Nc1ccc(F)cc1F)c1ccc(NS(=O)(=O)c2cccc([N+](=O)[O-])c2)cc1. The number of rotatable bonds is 6. The Bertz CT molecular complexity index is 1230. The summed E-state index contributed by atoms with van der Waals surface area (Å²) in [7, 11) is -4.10. The molecule has 0 spiro atoms. The average molecular weight is 433 g/mol. The predicted octanol–water partition coefficient (Wildman–Crippen LogP) is 3.93. The Balaban J connectivity index is 1.74. The molecule has 2 N–H and O–H groups in total. The minimum absolute atomic E-state index is 0.0945. The van der Waals surface area contributed by atoms with Gasteiger partial charge in [-0.2, -0.15) is 0 Å². The van der Waals surface area contributed by atoms with Crippen LogP contribution in [0.4, 0.5) is 25.8 Å². The van der Waals surface area contributed by atoms with Crippen LogP contribution in [-0.4, -0.2) is 19.2 Å². The van der Waals surface area contributed by atoms with E-state index in [-0.39, 0.29) is 27.5 Å². The highest BCUT2D eigenvalue weighted by atomic mass is 32.2. The number of nitrogens with zero attached hydrogens (tertiary/aromatic N) is 1. The monoisotopic (exact) mass is 433 g/mol. The van der Waals surface area contributed by atoms with E-state index in [4.69, 9.17) is 0 Å². The summed E-state index contributed by atoms with van der Waals surface area (Å²) in [6, 6.07) is 12.4. The van der Waals surface area contributed by atoms with Crippen molar-refractivity contribution in [3.8, 4) is 0 Å². The second-order valence-electron chi connectivity index (χ2n) is 6.02. The highest BCUT2D eigenvalue weighted by Crippen LogP contribution is 2.21. The molecular formula is C19H13F2N3O5S. The Hall–Kier alpha value is -3.86. The van der Waals surface area contributed by atoms with Gasteiger partial charge in [-0.15, -0.1) is 0 Å². The molecule has 0 bridgehead atoms. The summed E-state index contributed by atoms with van der Waals surface area (Å²) in [5, 5.41) is 13.1. The van der Waals surface area contributed by atoms with Crippen LogP contribution in [0.1, 0.15) is 10.4 Å². The quantitative estimate of drug-likeness (QED) is 0.451. The Morgan fingerprint density at radius 1 is 0.967 bits per heavy atom. The van der Waals surface area contributed by atoms with Crippen LogP contribution in [-0.2, 0) is 10.0 Å². The fraction of sp³-hybridized carbons (Fsp3) is 0. The third kappa shape index (κ3) is 4.75. The number of nitrogens with one attached hydrogen (secondary N) is 2. The molecule has 0 radical (unpaired) electrons. The van der Waals surface area contributed by atoms with Gasteiger partial charge in [0.05, 0.1) is 15.5 Å². The fourth-order valence-electron chi connectivity index (χ4n) is 2.45. The topological polar surface area (TPSA) is 118 Å². The molecule has 8 nitrogen and oxygen atoms in total. The highest BCUT2D eigenvalue weighted by Gasteiger charge is 2.18. The van der Waals surface area contributed by atoms with Crippen LogP contribution < -0.4 is 10.0 Å². The molecule has 3 aromatic rings. The fourth-order valence-corrected chi connectivity index (χ4v) is 3.55. The first kappa shape index (κ1) is 20.9. The van der Waals surface area contributed by atoms with Crippen molar-refractivity contribution < 1.29 is 26.9 Å². The summed E-state index contributed by atoms with van der Waals surface area (Å²) in [5.74, 6) is -2.41. The lowest BCUT2D eigenvalue weighted by Crippen LogP contribution is -2.15. The Morgan fingerprint density at radius 3 is 2.30 bits per heavy atom. The molecule has 0 atom stereocenters. The van der Waals surface area contributed by atoms with Crippen LogP contribution in [0.3, 0.4) is 0 Å². The van der Waals surface area contributed by atoms with E-state index in [0.29, 0.717) is 6.07 Å². The molecule has 0 unspecified atom stereocenters. The number of halogens is 2. The van der Waals surface area contributed by atoms with Crippen molar-refractivity contribution >= 4 is 33.0 Å². The number of nitro groups is 1. The van der Waals surface area contributed by atoms with Gasteiger partial charge in [0.25, 0.3) is 21.6 Å². The van der Waals surface area contributed by atoms with Crippen molar-refractivity contribution in [1.29, 1.82) is 0 Å². The molecule has 3 aromatic carbocycles. The standard InChI is InChI=1S/C19H13F2N3O5S/c20-13-6-9-18(17(21)10-13)22-19(25)12-4-7-14(8-5-12)23-30(28,29)16-3-1-2-15(11-16)24(26)27/h1-11,23H,(H,22,25). The second-order valence-corrected chi connectivity index (χ2v) is 7.70. The zero-order valence-corrected chi connectivity index (χ0v) is 15.8. The third-order valence-electron chi connectivity index (χ3n) is 3.92. The number of non-ortho nitro benzene ring substituents is 1. The van der Waals surface area contributed by atoms with Gasteiger partial charge in [0, 0.05) is 29.4 Å². The van der Waals surface area contributed by atoms with E-state index in [0.717, 1.165) is 24.3 Å². The van der Waals surface area contributed by atoms with E-state index in [9.17, 15) is 32.1 Å². The van der Waals surface area contributed by atoms with Crippen LogP contribution in [0.2, 0.25) is 0 Å². The van der Waals surface area contributed by atoms with Crippen molar-refractivity contribution in [2.45, 2.75) is 4.90 Å². The first-order valence-electron chi connectivity index (χ1n) is 8.29. The zero-order valence-electron chi connectivity index (χ0n) is 15.0. The molecule has 11 heteroatoms. The summed E-state index contributed by atoms with van der Waals surface area (Å²) >= 11 is 0. The second kappa shape index (κ2) is 8.25. The molecule has 3 rings (SSSR count). The van der Waals surface area contributed by atoms with Crippen molar-refractivity contribution in [3.05, 3.63) is 94.0 Å². The number of nitro benzene ring substituents is 1. The van der Waals surface area contributed by atoms with Crippen molar-refractivity contribution in [2.24, 2.45) is 0 Å². The lowest BCUT2D eigenvalue weighted by atomic mass is 10.2. The van der Waals surface area contributed by atoms with E-state index in [1.54, 1.807) is 0 Å². The van der Waals surface area contributed by atoms with Crippen molar-refractivity contribution in [1.82, 2.24) is 0 Å². The smallest absolute Gasteiger partial charge is 0.270 e. The maximum atomic E-state index is 13.6. The molecule has 0 aliphatic rings. The van der Waals surface area contributed by atoms with Crippen LogP contribution in [0.5, 0.6) is 0 Å². The van der Waals surface area contributed by atoms with Gasteiger partial charge in [-0.05, 0) is 42.5 Å². The number of hydrogen-bond acceptors (Lipinski definition) is 5.